The molecule has 4 rings (SSSR count). The fourth-order valence-electron chi connectivity index (χ4n) is 4.56. The van der Waals surface area contributed by atoms with Crippen LogP contribution in [-0.2, 0) is 5.60 Å². The van der Waals surface area contributed by atoms with Crippen LogP contribution in [-0.4, -0.2) is 58.0 Å². The molecule has 2 fully saturated rings. The van der Waals surface area contributed by atoms with Gasteiger partial charge in [-0.15, -0.1) is 0 Å². The standard InChI is InChI=1S/C22H27N3O2/c1-17-4-2-3-5-20(17)22(27)10-15-25(16-22)19-8-13-24(14-9-19)21(26)18-6-11-23-12-7-18/h2-7,11-12,19,27H,8-10,13-16H2,1H3. The number of carbonyl (C=O) groups excluding carboxylic acids is 1. The van der Waals surface area contributed by atoms with Gasteiger partial charge in [-0.05, 0) is 49.4 Å². The summed E-state index contributed by atoms with van der Waals surface area (Å²) in [6, 6.07) is 12.1. The zero-order chi connectivity index (χ0) is 18.9. The maximum atomic E-state index is 12.6. The van der Waals surface area contributed by atoms with Crippen molar-refractivity contribution in [1.29, 1.82) is 0 Å². The first-order chi connectivity index (χ1) is 13.1. The molecule has 0 aliphatic carbocycles. The second-order valence-corrected chi connectivity index (χ2v) is 7.83. The lowest BCUT2D eigenvalue weighted by Crippen LogP contribution is -2.47. The lowest BCUT2D eigenvalue weighted by atomic mass is 9.89. The number of nitrogens with zero attached hydrogens (tertiary/aromatic N) is 3. The minimum atomic E-state index is -0.755. The van der Waals surface area contributed by atoms with E-state index < -0.39 is 5.60 Å². The van der Waals surface area contributed by atoms with Gasteiger partial charge >= 0.3 is 0 Å². The van der Waals surface area contributed by atoms with Crippen molar-refractivity contribution in [2.75, 3.05) is 26.2 Å². The Balaban J connectivity index is 1.37. The van der Waals surface area contributed by atoms with Crippen molar-refractivity contribution >= 4 is 5.91 Å². The van der Waals surface area contributed by atoms with Crippen LogP contribution in [0.3, 0.4) is 0 Å². The first-order valence-electron chi connectivity index (χ1n) is 9.79. The zero-order valence-corrected chi connectivity index (χ0v) is 15.8. The van der Waals surface area contributed by atoms with Crippen molar-refractivity contribution < 1.29 is 9.90 Å². The summed E-state index contributed by atoms with van der Waals surface area (Å²) >= 11 is 0. The van der Waals surface area contributed by atoms with Crippen LogP contribution < -0.4 is 0 Å². The van der Waals surface area contributed by atoms with E-state index in [1.807, 2.05) is 17.0 Å². The van der Waals surface area contributed by atoms with Crippen LogP contribution in [0.5, 0.6) is 0 Å². The molecule has 3 heterocycles. The number of carbonyl (C=O) groups is 1. The van der Waals surface area contributed by atoms with Gasteiger partial charge in [0.2, 0.25) is 0 Å². The van der Waals surface area contributed by atoms with Crippen LogP contribution in [0.15, 0.2) is 48.8 Å². The molecular formula is C22H27N3O2. The SMILES string of the molecule is Cc1ccccc1C1(O)CCN(C2CCN(C(=O)c3ccncc3)CC2)C1. The minimum absolute atomic E-state index is 0.0914. The Hall–Kier alpha value is -2.24. The Morgan fingerprint density at radius 2 is 1.81 bits per heavy atom. The second-order valence-electron chi connectivity index (χ2n) is 7.83. The number of rotatable bonds is 3. The summed E-state index contributed by atoms with van der Waals surface area (Å²) in [5, 5.41) is 11.2. The van der Waals surface area contributed by atoms with E-state index in [2.05, 4.69) is 28.9 Å². The fraction of sp³-hybridized carbons (Fsp3) is 0.455. The summed E-state index contributed by atoms with van der Waals surface area (Å²) < 4.78 is 0. The Morgan fingerprint density at radius 3 is 2.52 bits per heavy atom. The number of piperidine rings is 1. The van der Waals surface area contributed by atoms with Crippen molar-refractivity contribution in [2.45, 2.75) is 37.8 Å². The largest absolute Gasteiger partial charge is 0.384 e. The highest BCUT2D eigenvalue weighted by atomic mass is 16.3. The number of β-amino-alcohol motifs (C(OH)–C–C–N with tert-alkyl or cyclic N) is 1. The van der Waals surface area contributed by atoms with E-state index in [9.17, 15) is 9.90 Å². The molecule has 142 valence electrons. The number of aliphatic hydroxyl groups is 1. The highest BCUT2D eigenvalue weighted by molar-refractivity contribution is 5.94. The number of pyridine rings is 1. The quantitative estimate of drug-likeness (QED) is 0.908. The molecule has 0 spiro atoms. The number of amides is 1. The third-order valence-corrected chi connectivity index (χ3v) is 6.12. The van der Waals surface area contributed by atoms with Crippen LogP contribution in [0.2, 0.25) is 0 Å². The van der Waals surface area contributed by atoms with E-state index in [-0.39, 0.29) is 5.91 Å². The third-order valence-electron chi connectivity index (χ3n) is 6.12. The van der Waals surface area contributed by atoms with Gasteiger partial charge in [0.1, 0.15) is 5.60 Å². The first kappa shape index (κ1) is 18.1. The molecule has 2 aliphatic heterocycles. The maximum absolute atomic E-state index is 12.6. The number of hydrogen-bond donors (Lipinski definition) is 1. The van der Waals surface area contributed by atoms with Crippen LogP contribution in [0.25, 0.3) is 0 Å². The van der Waals surface area contributed by atoms with Gasteiger partial charge in [-0.3, -0.25) is 14.7 Å². The fourth-order valence-corrected chi connectivity index (χ4v) is 4.56. The molecule has 27 heavy (non-hydrogen) atoms. The van der Waals surface area contributed by atoms with Gasteiger partial charge in [0.15, 0.2) is 0 Å². The normalized spacial score (nSPS) is 24.3. The monoisotopic (exact) mass is 365 g/mol. The average molecular weight is 365 g/mol. The molecular weight excluding hydrogens is 338 g/mol. The summed E-state index contributed by atoms with van der Waals surface area (Å²) in [5.74, 6) is 0.0914. The Bertz CT molecular complexity index is 802. The predicted molar refractivity (Wildman–Crippen MR) is 104 cm³/mol. The summed E-state index contributed by atoms with van der Waals surface area (Å²) in [7, 11) is 0. The number of aryl methyl sites for hydroxylation is 1. The molecule has 1 amide bonds. The van der Waals surface area contributed by atoms with E-state index in [0.717, 1.165) is 50.0 Å². The van der Waals surface area contributed by atoms with Crippen molar-refractivity contribution in [3.05, 3.63) is 65.5 Å². The number of benzene rings is 1. The van der Waals surface area contributed by atoms with Crippen molar-refractivity contribution in [2.24, 2.45) is 0 Å². The lowest BCUT2D eigenvalue weighted by Gasteiger charge is -2.37. The maximum Gasteiger partial charge on any atom is 0.253 e. The van der Waals surface area contributed by atoms with E-state index in [1.165, 1.54) is 0 Å². The van der Waals surface area contributed by atoms with Crippen molar-refractivity contribution in [1.82, 2.24) is 14.8 Å². The number of hydrogen-bond acceptors (Lipinski definition) is 4. The van der Waals surface area contributed by atoms with E-state index >= 15 is 0 Å². The number of likely N-dealkylation sites (tertiary alicyclic amines) is 2. The summed E-state index contributed by atoms with van der Waals surface area (Å²) in [4.78, 5) is 20.9. The first-order valence-corrected chi connectivity index (χ1v) is 9.79. The van der Waals surface area contributed by atoms with Gasteiger partial charge in [0.05, 0.1) is 0 Å². The average Bonchev–Trinajstić information content (AvgIpc) is 3.12. The Labute approximate surface area is 160 Å². The van der Waals surface area contributed by atoms with Gasteiger partial charge in [-0.25, -0.2) is 0 Å². The Morgan fingerprint density at radius 1 is 1.11 bits per heavy atom. The highest BCUT2D eigenvalue weighted by Crippen LogP contribution is 2.36. The van der Waals surface area contributed by atoms with Crippen LogP contribution in [0, 0.1) is 6.92 Å². The van der Waals surface area contributed by atoms with Gasteiger partial charge < -0.3 is 10.0 Å². The molecule has 2 saturated heterocycles. The molecule has 1 unspecified atom stereocenters. The predicted octanol–water partition coefficient (Wildman–Crippen LogP) is 2.59. The minimum Gasteiger partial charge on any atom is -0.384 e. The summed E-state index contributed by atoms with van der Waals surface area (Å²) in [6.07, 6.45) is 6.02. The highest BCUT2D eigenvalue weighted by Gasteiger charge is 2.41. The lowest BCUT2D eigenvalue weighted by molar-refractivity contribution is 0.0316. The smallest absolute Gasteiger partial charge is 0.253 e. The summed E-state index contributed by atoms with van der Waals surface area (Å²) in [5.41, 5.74) is 2.16. The molecule has 2 aromatic rings. The molecule has 0 bridgehead atoms. The molecule has 1 aromatic heterocycles. The van der Waals surface area contributed by atoms with Gasteiger partial charge in [-0.2, -0.15) is 0 Å². The van der Waals surface area contributed by atoms with E-state index in [4.69, 9.17) is 0 Å². The molecule has 1 aromatic carbocycles. The third kappa shape index (κ3) is 3.62. The van der Waals surface area contributed by atoms with E-state index in [1.54, 1.807) is 24.5 Å². The van der Waals surface area contributed by atoms with Gasteiger partial charge in [-0.1, -0.05) is 24.3 Å². The van der Waals surface area contributed by atoms with Crippen LogP contribution in [0.4, 0.5) is 0 Å². The van der Waals surface area contributed by atoms with Crippen LogP contribution >= 0.6 is 0 Å². The van der Waals surface area contributed by atoms with Crippen LogP contribution in [0.1, 0.15) is 40.7 Å². The molecule has 1 atom stereocenters. The zero-order valence-electron chi connectivity index (χ0n) is 15.8. The molecule has 5 heteroatoms. The van der Waals surface area contributed by atoms with Gasteiger partial charge in [0.25, 0.3) is 5.91 Å². The van der Waals surface area contributed by atoms with Gasteiger partial charge in [0, 0.05) is 50.2 Å². The molecule has 0 radical (unpaired) electrons. The molecule has 5 nitrogen and oxygen atoms in total. The second kappa shape index (κ2) is 7.41. The van der Waals surface area contributed by atoms with Crippen molar-refractivity contribution in [3.63, 3.8) is 0 Å². The van der Waals surface area contributed by atoms with Crippen molar-refractivity contribution in [3.8, 4) is 0 Å². The summed E-state index contributed by atoms with van der Waals surface area (Å²) in [6.45, 7) is 5.20. The topological polar surface area (TPSA) is 56.7 Å². The number of aromatic nitrogens is 1. The van der Waals surface area contributed by atoms with E-state index in [0.29, 0.717) is 18.2 Å². The molecule has 0 saturated carbocycles. The molecule has 2 aliphatic rings. The Kier molecular flexibility index (Phi) is 4.98. The molecule has 1 N–H and O–H groups in total.